The summed E-state index contributed by atoms with van der Waals surface area (Å²) in [7, 11) is 0. The summed E-state index contributed by atoms with van der Waals surface area (Å²) in [6.07, 6.45) is 0.890. The Morgan fingerprint density at radius 2 is 1.71 bits per heavy atom. The summed E-state index contributed by atoms with van der Waals surface area (Å²) in [4.78, 5) is 11.5. The Bertz CT molecular complexity index is 178. The van der Waals surface area contributed by atoms with Gasteiger partial charge >= 0.3 is 5.97 Å². The third-order valence-corrected chi connectivity index (χ3v) is 2.28. The average molecular weight is 201 g/mol. The van der Waals surface area contributed by atoms with Gasteiger partial charge in [0.25, 0.3) is 0 Å². The maximum Gasteiger partial charge on any atom is 0.310 e. The van der Waals surface area contributed by atoms with Gasteiger partial charge in [0.2, 0.25) is 0 Å². The highest BCUT2D eigenvalue weighted by molar-refractivity contribution is 5.72. The molecule has 0 aromatic rings. The van der Waals surface area contributed by atoms with Gasteiger partial charge in [-0.25, -0.2) is 0 Å². The molecule has 0 aromatic carbocycles. The first-order valence-electron chi connectivity index (χ1n) is 5.30. The molecule has 2 N–H and O–H groups in total. The van der Waals surface area contributed by atoms with Crippen molar-refractivity contribution in [2.24, 2.45) is 17.6 Å². The molecule has 0 saturated carbocycles. The summed E-state index contributed by atoms with van der Waals surface area (Å²) in [5.74, 6) is 0.140. The zero-order valence-corrected chi connectivity index (χ0v) is 9.91. The van der Waals surface area contributed by atoms with E-state index in [1.807, 2.05) is 13.8 Å². The number of rotatable bonds is 5. The fourth-order valence-electron chi connectivity index (χ4n) is 1.23. The maximum atomic E-state index is 11.5. The summed E-state index contributed by atoms with van der Waals surface area (Å²) < 4.78 is 5.27. The fraction of sp³-hybridized carbons (Fsp3) is 0.909. The molecule has 14 heavy (non-hydrogen) atoms. The third kappa shape index (κ3) is 5.22. The Kier molecular flexibility index (Phi) is 5.77. The first-order valence-corrected chi connectivity index (χ1v) is 5.30. The Morgan fingerprint density at radius 1 is 1.21 bits per heavy atom. The molecule has 0 radical (unpaired) electrons. The van der Waals surface area contributed by atoms with Crippen molar-refractivity contribution in [2.75, 3.05) is 0 Å². The SMILES string of the molecule is CC(C)CC(C)OC(=O)C(C)C(C)N. The van der Waals surface area contributed by atoms with E-state index in [0.717, 1.165) is 6.42 Å². The highest BCUT2D eigenvalue weighted by Crippen LogP contribution is 2.11. The van der Waals surface area contributed by atoms with Crippen molar-refractivity contribution in [2.45, 2.75) is 53.2 Å². The van der Waals surface area contributed by atoms with Gasteiger partial charge in [0.05, 0.1) is 12.0 Å². The average Bonchev–Trinajstić information content (AvgIpc) is 2.00. The van der Waals surface area contributed by atoms with Gasteiger partial charge in [-0.1, -0.05) is 20.8 Å². The summed E-state index contributed by atoms with van der Waals surface area (Å²) in [5, 5.41) is 0. The second kappa shape index (κ2) is 6.02. The van der Waals surface area contributed by atoms with E-state index in [0.29, 0.717) is 5.92 Å². The van der Waals surface area contributed by atoms with E-state index in [4.69, 9.17) is 10.5 Å². The number of hydrogen-bond acceptors (Lipinski definition) is 3. The van der Waals surface area contributed by atoms with Gasteiger partial charge in [-0.05, 0) is 26.2 Å². The Hall–Kier alpha value is -0.570. The Morgan fingerprint density at radius 3 is 2.07 bits per heavy atom. The van der Waals surface area contributed by atoms with Crippen molar-refractivity contribution in [3.63, 3.8) is 0 Å². The van der Waals surface area contributed by atoms with E-state index in [2.05, 4.69) is 13.8 Å². The number of carbonyl (C=O) groups is 1. The zero-order chi connectivity index (χ0) is 11.3. The molecule has 0 fully saturated rings. The van der Waals surface area contributed by atoms with Crippen molar-refractivity contribution in [1.82, 2.24) is 0 Å². The molecule has 0 heterocycles. The van der Waals surface area contributed by atoms with Crippen LogP contribution in [0.2, 0.25) is 0 Å². The van der Waals surface area contributed by atoms with Crippen LogP contribution >= 0.6 is 0 Å². The van der Waals surface area contributed by atoms with Crippen LogP contribution in [0, 0.1) is 11.8 Å². The molecule has 0 saturated heterocycles. The van der Waals surface area contributed by atoms with E-state index in [9.17, 15) is 4.79 Å². The van der Waals surface area contributed by atoms with Crippen LogP contribution in [0.4, 0.5) is 0 Å². The van der Waals surface area contributed by atoms with Crippen LogP contribution in [0.25, 0.3) is 0 Å². The van der Waals surface area contributed by atoms with Crippen LogP contribution in [0.1, 0.15) is 41.0 Å². The molecule has 3 heteroatoms. The van der Waals surface area contributed by atoms with Crippen LogP contribution in [0.3, 0.4) is 0 Å². The van der Waals surface area contributed by atoms with Crippen molar-refractivity contribution < 1.29 is 9.53 Å². The van der Waals surface area contributed by atoms with Gasteiger partial charge in [-0.3, -0.25) is 4.79 Å². The molecule has 0 amide bonds. The van der Waals surface area contributed by atoms with E-state index < -0.39 is 0 Å². The quantitative estimate of drug-likeness (QED) is 0.692. The maximum absolute atomic E-state index is 11.5. The standard InChI is InChI=1S/C11H23NO2/c1-7(2)6-8(3)14-11(13)9(4)10(5)12/h7-10H,6,12H2,1-5H3. The highest BCUT2D eigenvalue weighted by atomic mass is 16.5. The molecule has 0 aromatic heterocycles. The smallest absolute Gasteiger partial charge is 0.310 e. The van der Waals surface area contributed by atoms with Crippen LogP contribution in [0.5, 0.6) is 0 Å². The topological polar surface area (TPSA) is 52.3 Å². The van der Waals surface area contributed by atoms with Gasteiger partial charge in [0, 0.05) is 6.04 Å². The first kappa shape index (κ1) is 13.4. The second-order valence-corrected chi connectivity index (χ2v) is 4.52. The van der Waals surface area contributed by atoms with Gasteiger partial charge in [-0.15, -0.1) is 0 Å². The highest BCUT2D eigenvalue weighted by Gasteiger charge is 2.20. The van der Waals surface area contributed by atoms with Crippen LogP contribution in [0.15, 0.2) is 0 Å². The molecule has 0 spiro atoms. The minimum atomic E-state index is -0.218. The minimum absolute atomic E-state index is 0.0105. The van der Waals surface area contributed by atoms with Crippen molar-refractivity contribution in [3.05, 3.63) is 0 Å². The number of hydrogen-bond donors (Lipinski definition) is 1. The molecule has 0 rings (SSSR count). The number of nitrogens with two attached hydrogens (primary N) is 1. The van der Waals surface area contributed by atoms with E-state index in [1.54, 1.807) is 6.92 Å². The third-order valence-electron chi connectivity index (χ3n) is 2.28. The van der Waals surface area contributed by atoms with Gasteiger partial charge in [0.15, 0.2) is 0 Å². The fourth-order valence-corrected chi connectivity index (χ4v) is 1.23. The van der Waals surface area contributed by atoms with Crippen molar-refractivity contribution in [1.29, 1.82) is 0 Å². The summed E-state index contributed by atoms with van der Waals surface area (Å²) in [5.41, 5.74) is 5.61. The Labute approximate surface area is 87.0 Å². The van der Waals surface area contributed by atoms with Crippen LogP contribution in [-0.2, 0) is 9.53 Å². The van der Waals surface area contributed by atoms with E-state index in [1.165, 1.54) is 0 Å². The Balaban J connectivity index is 3.93. The molecular weight excluding hydrogens is 178 g/mol. The normalized spacial score (nSPS) is 17.6. The zero-order valence-electron chi connectivity index (χ0n) is 9.91. The predicted octanol–water partition coefficient (Wildman–Crippen LogP) is 1.95. The molecule has 3 atom stereocenters. The molecule has 3 unspecified atom stereocenters. The lowest BCUT2D eigenvalue weighted by atomic mass is 10.0. The monoisotopic (exact) mass is 201 g/mol. The lowest BCUT2D eigenvalue weighted by Crippen LogP contribution is -2.33. The molecule has 3 nitrogen and oxygen atoms in total. The van der Waals surface area contributed by atoms with Gasteiger partial charge in [0.1, 0.15) is 0 Å². The van der Waals surface area contributed by atoms with Crippen LogP contribution in [-0.4, -0.2) is 18.1 Å². The molecule has 84 valence electrons. The van der Waals surface area contributed by atoms with Crippen molar-refractivity contribution >= 4 is 5.97 Å². The van der Waals surface area contributed by atoms with E-state index >= 15 is 0 Å². The lowest BCUT2D eigenvalue weighted by Gasteiger charge is -2.19. The van der Waals surface area contributed by atoms with Gasteiger partial charge in [-0.2, -0.15) is 0 Å². The molecule has 0 aliphatic heterocycles. The number of ether oxygens (including phenoxy) is 1. The molecular formula is C11H23NO2. The van der Waals surface area contributed by atoms with Crippen LogP contribution < -0.4 is 5.73 Å². The summed E-state index contributed by atoms with van der Waals surface area (Å²) in [6.45, 7) is 9.76. The number of carbonyl (C=O) groups excluding carboxylic acids is 1. The molecule has 0 bridgehead atoms. The second-order valence-electron chi connectivity index (χ2n) is 4.52. The molecule has 0 aliphatic rings. The minimum Gasteiger partial charge on any atom is -0.462 e. The summed E-state index contributed by atoms with van der Waals surface area (Å²) in [6, 6.07) is -0.145. The molecule has 0 aliphatic carbocycles. The van der Waals surface area contributed by atoms with Gasteiger partial charge < -0.3 is 10.5 Å². The first-order chi connectivity index (χ1) is 6.34. The largest absolute Gasteiger partial charge is 0.462 e. The van der Waals surface area contributed by atoms with Crippen molar-refractivity contribution in [3.8, 4) is 0 Å². The predicted molar refractivity (Wildman–Crippen MR) is 57.8 cm³/mol. The number of esters is 1. The van der Waals surface area contributed by atoms with E-state index in [-0.39, 0.29) is 24.0 Å². The summed E-state index contributed by atoms with van der Waals surface area (Å²) >= 11 is 0. The lowest BCUT2D eigenvalue weighted by molar-refractivity contribution is -0.153.